The zero-order chi connectivity index (χ0) is 20.7. The van der Waals surface area contributed by atoms with Crippen LogP contribution in [0.4, 0.5) is 0 Å². The third-order valence-corrected chi connectivity index (χ3v) is 5.82. The van der Waals surface area contributed by atoms with Crippen molar-refractivity contribution in [2.24, 2.45) is 0 Å². The second kappa shape index (κ2) is 7.67. The number of aryl methyl sites for hydroxylation is 1. The summed E-state index contributed by atoms with van der Waals surface area (Å²) in [6.07, 6.45) is 0. The summed E-state index contributed by atoms with van der Waals surface area (Å²) >= 11 is 13.9. The molecule has 8 nitrogen and oxygen atoms in total. The third-order valence-electron chi connectivity index (χ3n) is 4.40. The molecule has 0 bridgehead atoms. The Morgan fingerprint density at radius 3 is 2.63 bits per heavy atom. The van der Waals surface area contributed by atoms with E-state index in [2.05, 4.69) is 30.8 Å². The van der Waals surface area contributed by atoms with Crippen molar-refractivity contribution < 1.29 is 0 Å². The second-order valence-electron chi connectivity index (χ2n) is 6.35. The number of aromatic nitrogens is 8. The van der Waals surface area contributed by atoms with Gasteiger partial charge in [0.1, 0.15) is 5.03 Å². The quantitative estimate of drug-likeness (QED) is 0.394. The van der Waals surface area contributed by atoms with E-state index in [1.54, 1.807) is 18.2 Å². The predicted octanol–water partition coefficient (Wildman–Crippen LogP) is 4.53. The van der Waals surface area contributed by atoms with Crippen molar-refractivity contribution >= 4 is 40.6 Å². The van der Waals surface area contributed by atoms with E-state index in [4.69, 9.17) is 23.2 Å². The van der Waals surface area contributed by atoms with Gasteiger partial charge in [-0.3, -0.25) is 4.57 Å². The Bertz CT molecular complexity index is 1380. The van der Waals surface area contributed by atoms with Crippen molar-refractivity contribution in [1.29, 1.82) is 0 Å². The van der Waals surface area contributed by atoms with Gasteiger partial charge >= 0.3 is 0 Å². The zero-order valence-electron chi connectivity index (χ0n) is 15.4. The number of fused-ring (bicyclic) bond motifs is 1. The number of hydrogen-bond donors (Lipinski definition) is 0. The van der Waals surface area contributed by atoms with E-state index in [-0.39, 0.29) is 0 Å². The lowest BCUT2D eigenvalue weighted by molar-refractivity contribution is 0.701. The highest BCUT2D eigenvalue weighted by Gasteiger charge is 2.20. The zero-order valence-corrected chi connectivity index (χ0v) is 17.8. The predicted molar refractivity (Wildman–Crippen MR) is 114 cm³/mol. The maximum atomic E-state index is 6.48. The number of para-hydroxylation sites is 1. The molecule has 0 aliphatic carbocycles. The number of hydrogen-bond acceptors (Lipinski definition) is 7. The summed E-state index contributed by atoms with van der Waals surface area (Å²) in [5.41, 5.74) is 3.30. The molecule has 0 aliphatic rings. The molecule has 30 heavy (non-hydrogen) atoms. The van der Waals surface area contributed by atoms with Crippen LogP contribution >= 0.6 is 35.0 Å². The van der Waals surface area contributed by atoms with Crippen LogP contribution in [0, 0.1) is 6.92 Å². The van der Waals surface area contributed by atoms with Crippen molar-refractivity contribution in [3.05, 3.63) is 70.2 Å². The van der Waals surface area contributed by atoms with Crippen LogP contribution in [0.1, 0.15) is 5.56 Å². The van der Waals surface area contributed by atoms with Crippen LogP contribution in [0.15, 0.2) is 64.8 Å². The monoisotopic (exact) mass is 454 g/mol. The van der Waals surface area contributed by atoms with E-state index in [0.29, 0.717) is 31.7 Å². The van der Waals surface area contributed by atoms with Gasteiger partial charge in [-0.2, -0.15) is 0 Å². The number of tetrazole rings is 1. The molecule has 0 amide bonds. The van der Waals surface area contributed by atoms with Gasteiger partial charge in [-0.05, 0) is 71.1 Å². The highest BCUT2D eigenvalue weighted by Crippen LogP contribution is 2.35. The molecule has 0 spiro atoms. The molecule has 11 heteroatoms. The van der Waals surface area contributed by atoms with Crippen LogP contribution in [0.3, 0.4) is 0 Å². The number of rotatable bonds is 4. The van der Waals surface area contributed by atoms with Crippen LogP contribution < -0.4 is 0 Å². The third kappa shape index (κ3) is 3.41. The molecule has 0 unspecified atom stereocenters. The number of nitrogens with zero attached hydrogens (tertiary/aromatic N) is 8. The molecule has 148 valence electrons. The van der Waals surface area contributed by atoms with Crippen molar-refractivity contribution in [2.75, 3.05) is 0 Å². The molecular weight excluding hydrogens is 443 g/mol. The molecule has 3 aromatic heterocycles. The molecule has 5 aromatic rings. The van der Waals surface area contributed by atoms with E-state index >= 15 is 0 Å². The van der Waals surface area contributed by atoms with Crippen molar-refractivity contribution in [3.63, 3.8) is 0 Å². The Balaban J connectivity index is 1.67. The van der Waals surface area contributed by atoms with Crippen LogP contribution in [0.25, 0.3) is 22.7 Å². The SMILES string of the molecule is Cc1ccccc1-n1c(Sc2ccc3nnnn3n2)nnc1-c1ccc(Cl)cc1Cl. The van der Waals surface area contributed by atoms with Gasteiger partial charge in [-0.1, -0.05) is 41.4 Å². The summed E-state index contributed by atoms with van der Waals surface area (Å²) in [6, 6.07) is 16.9. The van der Waals surface area contributed by atoms with E-state index in [0.717, 1.165) is 16.8 Å². The first-order chi connectivity index (χ1) is 14.6. The lowest BCUT2D eigenvalue weighted by Crippen LogP contribution is -2.03. The lowest BCUT2D eigenvalue weighted by atomic mass is 10.1. The molecule has 0 radical (unpaired) electrons. The maximum Gasteiger partial charge on any atom is 0.202 e. The van der Waals surface area contributed by atoms with Gasteiger partial charge in [0.15, 0.2) is 11.5 Å². The van der Waals surface area contributed by atoms with Crippen molar-refractivity contribution in [3.8, 4) is 17.1 Å². The molecule has 0 saturated heterocycles. The molecule has 3 heterocycles. The Morgan fingerprint density at radius 2 is 1.80 bits per heavy atom. The van der Waals surface area contributed by atoms with Crippen LogP contribution in [-0.4, -0.2) is 40.0 Å². The van der Waals surface area contributed by atoms with E-state index < -0.39 is 0 Å². The Hall–Kier alpha value is -3.01. The molecule has 0 fully saturated rings. The van der Waals surface area contributed by atoms with Crippen molar-refractivity contribution in [1.82, 2.24) is 40.0 Å². The summed E-state index contributed by atoms with van der Waals surface area (Å²) in [5.74, 6) is 0.608. The van der Waals surface area contributed by atoms with Gasteiger partial charge in [0.25, 0.3) is 0 Å². The topological polar surface area (TPSA) is 86.7 Å². The molecule has 0 N–H and O–H groups in total. The van der Waals surface area contributed by atoms with Gasteiger partial charge in [-0.25, -0.2) is 0 Å². The van der Waals surface area contributed by atoms with Gasteiger partial charge in [0.2, 0.25) is 5.16 Å². The van der Waals surface area contributed by atoms with Gasteiger partial charge < -0.3 is 0 Å². The van der Waals surface area contributed by atoms with Gasteiger partial charge in [-0.15, -0.1) is 25.0 Å². The van der Waals surface area contributed by atoms with Crippen LogP contribution in [-0.2, 0) is 0 Å². The summed E-state index contributed by atoms with van der Waals surface area (Å²) in [7, 11) is 0. The minimum absolute atomic E-state index is 0.495. The standard InChI is InChI=1S/C19H12Cl2N8S/c1-11-4-2-3-5-15(11)28-18(13-7-6-12(20)10-14(13)21)23-24-19(28)30-17-9-8-16-22-26-27-29(16)25-17/h2-10H,1H3. The molecule has 2 aromatic carbocycles. The number of benzene rings is 2. The summed E-state index contributed by atoms with van der Waals surface area (Å²) in [5, 5.41) is 27.0. The van der Waals surface area contributed by atoms with E-state index in [9.17, 15) is 0 Å². The fourth-order valence-corrected chi connectivity index (χ4v) is 4.29. The van der Waals surface area contributed by atoms with Gasteiger partial charge in [0, 0.05) is 10.6 Å². The van der Waals surface area contributed by atoms with Crippen LogP contribution in [0.2, 0.25) is 10.0 Å². The first-order valence-electron chi connectivity index (χ1n) is 8.80. The minimum atomic E-state index is 0.495. The van der Waals surface area contributed by atoms with E-state index in [1.165, 1.54) is 16.4 Å². The molecule has 5 rings (SSSR count). The lowest BCUT2D eigenvalue weighted by Gasteiger charge is -2.13. The molecule has 0 saturated carbocycles. The van der Waals surface area contributed by atoms with Gasteiger partial charge in [0.05, 0.1) is 10.7 Å². The minimum Gasteiger partial charge on any atom is -0.269 e. The average molecular weight is 455 g/mol. The Labute approximate surface area is 184 Å². The maximum absolute atomic E-state index is 6.48. The highest BCUT2D eigenvalue weighted by atomic mass is 35.5. The molecule has 0 aliphatic heterocycles. The molecule has 0 atom stereocenters. The fourth-order valence-electron chi connectivity index (χ4n) is 2.99. The smallest absolute Gasteiger partial charge is 0.202 e. The summed E-state index contributed by atoms with van der Waals surface area (Å²) in [4.78, 5) is 0. The Morgan fingerprint density at radius 1 is 0.933 bits per heavy atom. The summed E-state index contributed by atoms with van der Waals surface area (Å²) in [6.45, 7) is 2.03. The van der Waals surface area contributed by atoms with Crippen molar-refractivity contribution in [2.45, 2.75) is 17.1 Å². The molecular formula is C19H12Cl2N8S. The Kier molecular flexibility index (Phi) is 4.86. The summed E-state index contributed by atoms with van der Waals surface area (Å²) < 4.78 is 3.33. The van der Waals surface area contributed by atoms with Crippen LogP contribution in [0.5, 0.6) is 0 Å². The second-order valence-corrected chi connectivity index (χ2v) is 8.18. The first-order valence-corrected chi connectivity index (χ1v) is 10.4. The highest BCUT2D eigenvalue weighted by molar-refractivity contribution is 7.99. The fraction of sp³-hybridized carbons (Fsp3) is 0.0526. The average Bonchev–Trinajstić information content (AvgIpc) is 3.35. The largest absolute Gasteiger partial charge is 0.269 e. The normalized spacial score (nSPS) is 11.3. The number of halogens is 2. The first kappa shape index (κ1) is 19.0. The van der Waals surface area contributed by atoms with E-state index in [1.807, 2.05) is 47.9 Å².